The van der Waals surface area contributed by atoms with Crippen LogP contribution in [0.4, 0.5) is 0 Å². The average Bonchev–Trinajstić information content (AvgIpc) is 2.74. The lowest BCUT2D eigenvalue weighted by molar-refractivity contribution is 0.0456. The van der Waals surface area contributed by atoms with Gasteiger partial charge in [0, 0.05) is 19.1 Å². The number of hydrogen-bond donors (Lipinski definition) is 1. The van der Waals surface area contributed by atoms with E-state index in [9.17, 15) is 5.11 Å². The predicted octanol–water partition coefficient (Wildman–Crippen LogP) is 1.80. The molecular weight excluding hydrogens is 194 g/mol. The van der Waals surface area contributed by atoms with Crippen LogP contribution in [0.3, 0.4) is 0 Å². The SMILES string of the molecule is OC1(c2ccsc2)CCN(C2CC2)C1. The van der Waals surface area contributed by atoms with Gasteiger partial charge >= 0.3 is 0 Å². The molecule has 3 rings (SSSR count). The van der Waals surface area contributed by atoms with Crippen LogP contribution in [0.1, 0.15) is 24.8 Å². The lowest BCUT2D eigenvalue weighted by atomic mass is 9.96. The van der Waals surface area contributed by atoms with E-state index in [1.807, 2.05) is 5.38 Å². The molecule has 1 N–H and O–H groups in total. The molecule has 76 valence electrons. The molecule has 1 atom stereocenters. The number of nitrogens with zero attached hydrogens (tertiary/aromatic N) is 1. The number of likely N-dealkylation sites (tertiary alicyclic amines) is 1. The summed E-state index contributed by atoms with van der Waals surface area (Å²) in [5, 5.41) is 14.6. The Balaban J connectivity index is 1.78. The Bertz CT molecular complexity index is 320. The zero-order valence-electron chi connectivity index (χ0n) is 8.15. The van der Waals surface area contributed by atoms with Crippen molar-refractivity contribution in [3.63, 3.8) is 0 Å². The van der Waals surface area contributed by atoms with Gasteiger partial charge < -0.3 is 5.11 Å². The van der Waals surface area contributed by atoms with Crippen molar-refractivity contribution in [2.45, 2.75) is 30.9 Å². The van der Waals surface area contributed by atoms with Crippen LogP contribution >= 0.6 is 11.3 Å². The van der Waals surface area contributed by atoms with Crippen molar-refractivity contribution in [3.05, 3.63) is 22.4 Å². The van der Waals surface area contributed by atoms with Gasteiger partial charge in [-0.2, -0.15) is 11.3 Å². The Labute approximate surface area is 88.2 Å². The highest BCUT2D eigenvalue weighted by molar-refractivity contribution is 7.08. The zero-order valence-corrected chi connectivity index (χ0v) is 8.96. The molecule has 2 nitrogen and oxygen atoms in total. The summed E-state index contributed by atoms with van der Waals surface area (Å²) in [6.07, 6.45) is 3.57. The van der Waals surface area contributed by atoms with E-state index in [2.05, 4.69) is 16.3 Å². The maximum Gasteiger partial charge on any atom is 0.104 e. The first kappa shape index (κ1) is 8.89. The molecule has 1 aromatic rings. The van der Waals surface area contributed by atoms with Gasteiger partial charge in [0.1, 0.15) is 5.60 Å². The smallest absolute Gasteiger partial charge is 0.104 e. The summed E-state index contributed by atoms with van der Waals surface area (Å²) in [6.45, 7) is 1.91. The van der Waals surface area contributed by atoms with Gasteiger partial charge in [-0.1, -0.05) is 0 Å². The van der Waals surface area contributed by atoms with Crippen molar-refractivity contribution in [2.75, 3.05) is 13.1 Å². The molecule has 0 bridgehead atoms. The molecule has 0 spiro atoms. The molecule has 1 unspecified atom stereocenters. The summed E-state index contributed by atoms with van der Waals surface area (Å²) in [7, 11) is 0. The summed E-state index contributed by atoms with van der Waals surface area (Å²) >= 11 is 1.67. The minimum atomic E-state index is -0.553. The van der Waals surface area contributed by atoms with Crippen LogP contribution < -0.4 is 0 Å². The molecule has 2 heterocycles. The van der Waals surface area contributed by atoms with E-state index in [1.165, 1.54) is 12.8 Å². The summed E-state index contributed by atoms with van der Waals surface area (Å²) in [6, 6.07) is 2.84. The second-order valence-corrected chi connectivity index (χ2v) is 5.28. The summed E-state index contributed by atoms with van der Waals surface area (Å²) in [4.78, 5) is 2.44. The highest BCUT2D eigenvalue weighted by atomic mass is 32.1. The molecule has 1 aliphatic carbocycles. The van der Waals surface area contributed by atoms with Gasteiger partial charge in [-0.05, 0) is 41.7 Å². The molecule has 0 radical (unpaired) electrons. The van der Waals surface area contributed by atoms with E-state index in [0.29, 0.717) is 0 Å². The average molecular weight is 209 g/mol. The van der Waals surface area contributed by atoms with Gasteiger partial charge in [0.05, 0.1) is 0 Å². The maximum atomic E-state index is 10.5. The topological polar surface area (TPSA) is 23.5 Å². The zero-order chi connectivity index (χ0) is 9.60. The van der Waals surface area contributed by atoms with Crippen molar-refractivity contribution in [2.24, 2.45) is 0 Å². The Morgan fingerprint density at radius 1 is 1.50 bits per heavy atom. The fraction of sp³-hybridized carbons (Fsp3) is 0.636. The number of rotatable bonds is 2. The number of aliphatic hydroxyl groups is 1. The van der Waals surface area contributed by atoms with Crippen LogP contribution in [0, 0.1) is 0 Å². The van der Waals surface area contributed by atoms with Crippen molar-refractivity contribution < 1.29 is 5.11 Å². The molecule has 1 saturated heterocycles. The minimum absolute atomic E-state index is 0.553. The van der Waals surface area contributed by atoms with E-state index in [-0.39, 0.29) is 0 Å². The van der Waals surface area contributed by atoms with E-state index in [0.717, 1.165) is 31.1 Å². The fourth-order valence-electron chi connectivity index (χ4n) is 2.34. The van der Waals surface area contributed by atoms with Gasteiger partial charge in [0.15, 0.2) is 0 Å². The largest absolute Gasteiger partial charge is 0.384 e. The van der Waals surface area contributed by atoms with Crippen LogP contribution in [0.5, 0.6) is 0 Å². The molecule has 14 heavy (non-hydrogen) atoms. The molecular formula is C11H15NOS. The Kier molecular flexibility index (Phi) is 1.94. The van der Waals surface area contributed by atoms with Crippen molar-refractivity contribution in [1.29, 1.82) is 0 Å². The monoisotopic (exact) mass is 209 g/mol. The highest BCUT2D eigenvalue weighted by Crippen LogP contribution is 2.38. The van der Waals surface area contributed by atoms with Gasteiger partial charge in [0.2, 0.25) is 0 Å². The van der Waals surface area contributed by atoms with Crippen molar-refractivity contribution >= 4 is 11.3 Å². The van der Waals surface area contributed by atoms with E-state index in [1.54, 1.807) is 11.3 Å². The number of thiophene rings is 1. The Morgan fingerprint density at radius 2 is 2.36 bits per heavy atom. The molecule has 2 aliphatic rings. The first-order chi connectivity index (χ1) is 6.78. The van der Waals surface area contributed by atoms with Gasteiger partial charge in [0.25, 0.3) is 0 Å². The molecule has 1 saturated carbocycles. The van der Waals surface area contributed by atoms with Crippen LogP contribution in [-0.2, 0) is 5.60 Å². The third-order valence-corrected chi connectivity index (χ3v) is 4.08. The lowest BCUT2D eigenvalue weighted by Gasteiger charge is -2.22. The first-order valence-electron chi connectivity index (χ1n) is 5.27. The van der Waals surface area contributed by atoms with Crippen molar-refractivity contribution in [1.82, 2.24) is 4.90 Å². The van der Waals surface area contributed by atoms with Crippen LogP contribution in [0.25, 0.3) is 0 Å². The molecule has 0 aromatic carbocycles. The highest BCUT2D eigenvalue weighted by Gasteiger charge is 2.42. The molecule has 3 heteroatoms. The van der Waals surface area contributed by atoms with E-state index < -0.39 is 5.60 Å². The summed E-state index contributed by atoms with van der Waals surface area (Å²) in [5.41, 5.74) is 0.563. The third kappa shape index (κ3) is 1.40. The Morgan fingerprint density at radius 3 is 3.00 bits per heavy atom. The fourth-order valence-corrected chi connectivity index (χ4v) is 3.09. The quantitative estimate of drug-likeness (QED) is 0.803. The standard InChI is InChI=1S/C11H15NOS/c13-11(9-3-6-14-7-9)4-5-12(8-11)10-1-2-10/h3,6-7,10,13H,1-2,4-5,8H2. The van der Waals surface area contributed by atoms with E-state index >= 15 is 0 Å². The van der Waals surface area contributed by atoms with Gasteiger partial charge in [-0.15, -0.1) is 0 Å². The van der Waals surface area contributed by atoms with E-state index in [4.69, 9.17) is 0 Å². The first-order valence-corrected chi connectivity index (χ1v) is 6.21. The van der Waals surface area contributed by atoms with Gasteiger partial charge in [-0.25, -0.2) is 0 Å². The minimum Gasteiger partial charge on any atom is -0.384 e. The number of β-amino-alcohol motifs (C(OH)–C–C–N with tert-alkyl or cyclic N) is 1. The second kappa shape index (κ2) is 3.05. The molecule has 1 aliphatic heterocycles. The van der Waals surface area contributed by atoms with Crippen molar-refractivity contribution in [3.8, 4) is 0 Å². The number of hydrogen-bond acceptors (Lipinski definition) is 3. The summed E-state index contributed by atoms with van der Waals surface area (Å²) in [5.74, 6) is 0. The molecule has 2 fully saturated rings. The normalized spacial score (nSPS) is 33.8. The molecule has 0 amide bonds. The second-order valence-electron chi connectivity index (χ2n) is 4.50. The van der Waals surface area contributed by atoms with Crippen LogP contribution in [0.2, 0.25) is 0 Å². The Hall–Kier alpha value is -0.380. The maximum absolute atomic E-state index is 10.5. The summed E-state index contributed by atoms with van der Waals surface area (Å²) < 4.78 is 0. The predicted molar refractivity (Wildman–Crippen MR) is 57.4 cm³/mol. The van der Waals surface area contributed by atoms with Gasteiger partial charge in [-0.3, -0.25) is 4.90 Å². The third-order valence-electron chi connectivity index (χ3n) is 3.40. The molecule has 1 aromatic heterocycles. The van der Waals surface area contributed by atoms with Crippen LogP contribution in [-0.4, -0.2) is 29.1 Å². The lowest BCUT2D eigenvalue weighted by Crippen LogP contribution is -2.31. The van der Waals surface area contributed by atoms with Crippen LogP contribution in [0.15, 0.2) is 16.8 Å².